The third-order valence-corrected chi connectivity index (χ3v) is 2.09. The van der Waals surface area contributed by atoms with E-state index in [9.17, 15) is 0 Å². The third-order valence-electron chi connectivity index (χ3n) is 2.09. The fourth-order valence-corrected chi connectivity index (χ4v) is 1.44. The first-order valence-electron chi connectivity index (χ1n) is 4.14. The molecule has 2 rings (SSSR count). The van der Waals surface area contributed by atoms with Gasteiger partial charge in [0.15, 0.2) is 5.75 Å². The number of rotatable bonds is 2. The summed E-state index contributed by atoms with van der Waals surface area (Å²) >= 11 is 0. The van der Waals surface area contributed by atoms with Gasteiger partial charge in [0.1, 0.15) is 0 Å². The largest absolute Gasteiger partial charge is 0.505 e. The van der Waals surface area contributed by atoms with Gasteiger partial charge >= 0.3 is 0 Å². The maximum Gasteiger partial charge on any atom is 0.153 e. The van der Waals surface area contributed by atoms with Crippen molar-refractivity contribution in [2.45, 2.75) is 13.0 Å². The molecule has 4 nitrogen and oxygen atoms in total. The van der Waals surface area contributed by atoms with Crippen LogP contribution < -0.4 is 0 Å². The molecule has 12 heavy (non-hydrogen) atoms. The average molecular weight is 168 g/mol. The van der Waals surface area contributed by atoms with E-state index in [0.717, 1.165) is 26.2 Å². The smallest absolute Gasteiger partial charge is 0.153 e. The van der Waals surface area contributed by atoms with Crippen molar-refractivity contribution >= 4 is 0 Å². The van der Waals surface area contributed by atoms with Crippen LogP contribution in [0.25, 0.3) is 0 Å². The van der Waals surface area contributed by atoms with Crippen LogP contribution in [0, 0.1) is 5.92 Å². The highest BCUT2D eigenvalue weighted by molar-refractivity contribution is 5.08. The summed E-state index contributed by atoms with van der Waals surface area (Å²) < 4.78 is 6.99. The fraction of sp³-hybridized carbons (Fsp3) is 0.625. The van der Waals surface area contributed by atoms with Gasteiger partial charge in [-0.05, 0) is 6.42 Å². The molecule has 0 amide bonds. The Morgan fingerprint density at radius 1 is 1.75 bits per heavy atom. The molecule has 0 unspecified atom stereocenters. The van der Waals surface area contributed by atoms with Crippen LogP contribution in [-0.4, -0.2) is 28.1 Å². The molecule has 1 aromatic rings. The number of aromatic hydroxyl groups is 1. The predicted molar refractivity (Wildman–Crippen MR) is 42.8 cm³/mol. The van der Waals surface area contributed by atoms with E-state index in [0.29, 0.717) is 5.92 Å². The SMILES string of the molecule is Oc1cnn(C[C@H]2CCOC2)c1. The van der Waals surface area contributed by atoms with Crippen LogP contribution >= 0.6 is 0 Å². The summed E-state index contributed by atoms with van der Waals surface area (Å²) in [7, 11) is 0. The fourth-order valence-electron chi connectivity index (χ4n) is 1.44. The van der Waals surface area contributed by atoms with Crippen LogP contribution in [0.2, 0.25) is 0 Å². The molecule has 1 aromatic heterocycles. The van der Waals surface area contributed by atoms with E-state index < -0.39 is 0 Å². The molecule has 1 aliphatic heterocycles. The number of aromatic nitrogens is 2. The molecule has 0 saturated carbocycles. The van der Waals surface area contributed by atoms with Crippen molar-refractivity contribution in [1.29, 1.82) is 0 Å². The molecule has 0 radical (unpaired) electrons. The summed E-state index contributed by atoms with van der Waals surface area (Å²) in [5.41, 5.74) is 0. The van der Waals surface area contributed by atoms with E-state index >= 15 is 0 Å². The predicted octanol–water partition coefficient (Wildman–Crippen LogP) is 0.625. The van der Waals surface area contributed by atoms with E-state index in [2.05, 4.69) is 5.10 Å². The summed E-state index contributed by atoms with van der Waals surface area (Å²) in [6.45, 7) is 2.53. The molecular formula is C8H12N2O2. The Kier molecular flexibility index (Phi) is 1.99. The van der Waals surface area contributed by atoms with Crippen molar-refractivity contribution in [3.8, 4) is 5.75 Å². The van der Waals surface area contributed by atoms with Gasteiger partial charge in [-0.2, -0.15) is 5.10 Å². The van der Waals surface area contributed by atoms with E-state index in [4.69, 9.17) is 9.84 Å². The lowest BCUT2D eigenvalue weighted by Gasteiger charge is -2.05. The zero-order valence-electron chi connectivity index (χ0n) is 6.81. The highest BCUT2D eigenvalue weighted by Gasteiger charge is 2.16. The minimum atomic E-state index is 0.230. The Morgan fingerprint density at radius 3 is 3.25 bits per heavy atom. The van der Waals surface area contributed by atoms with Gasteiger partial charge < -0.3 is 9.84 Å². The topological polar surface area (TPSA) is 47.3 Å². The van der Waals surface area contributed by atoms with Gasteiger partial charge in [-0.1, -0.05) is 0 Å². The molecule has 4 heteroatoms. The van der Waals surface area contributed by atoms with E-state index in [1.54, 1.807) is 10.9 Å². The van der Waals surface area contributed by atoms with Crippen LogP contribution in [0.1, 0.15) is 6.42 Å². The van der Waals surface area contributed by atoms with Gasteiger partial charge in [-0.15, -0.1) is 0 Å². The molecule has 1 atom stereocenters. The number of hydrogen-bond donors (Lipinski definition) is 1. The molecule has 1 saturated heterocycles. The van der Waals surface area contributed by atoms with Gasteiger partial charge in [-0.25, -0.2) is 0 Å². The second-order valence-corrected chi connectivity index (χ2v) is 3.15. The molecule has 0 spiro atoms. The summed E-state index contributed by atoms with van der Waals surface area (Å²) in [5.74, 6) is 0.790. The van der Waals surface area contributed by atoms with Gasteiger partial charge in [0.25, 0.3) is 0 Å². The monoisotopic (exact) mass is 168 g/mol. The zero-order chi connectivity index (χ0) is 8.39. The number of ether oxygens (including phenoxy) is 1. The van der Waals surface area contributed by atoms with Crippen LogP contribution in [0.15, 0.2) is 12.4 Å². The minimum Gasteiger partial charge on any atom is -0.505 e. The first-order chi connectivity index (χ1) is 5.84. The third kappa shape index (κ3) is 1.58. The van der Waals surface area contributed by atoms with Crippen molar-refractivity contribution in [1.82, 2.24) is 9.78 Å². The summed E-state index contributed by atoms with van der Waals surface area (Å²) in [4.78, 5) is 0. The Labute approximate surface area is 70.8 Å². The zero-order valence-corrected chi connectivity index (χ0v) is 6.81. The van der Waals surface area contributed by atoms with Crippen molar-refractivity contribution in [3.05, 3.63) is 12.4 Å². The Morgan fingerprint density at radius 2 is 2.67 bits per heavy atom. The van der Waals surface area contributed by atoms with E-state index in [1.807, 2.05) is 0 Å². The van der Waals surface area contributed by atoms with Gasteiger partial charge in [-0.3, -0.25) is 4.68 Å². The van der Waals surface area contributed by atoms with E-state index in [1.165, 1.54) is 6.20 Å². The first kappa shape index (κ1) is 7.61. The molecule has 0 bridgehead atoms. The number of nitrogens with zero attached hydrogens (tertiary/aromatic N) is 2. The summed E-state index contributed by atoms with van der Waals surface area (Å²) in [6, 6.07) is 0. The standard InChI is InChI=1S/C8H12N2O2/c11-8-3-9-10(5-8)4-7-1-2-12-6-7/h3,5,7,11H,1-2,4,6H2/t7-/m1/s1. The van der Waals surface area contributed by atoms with E-state index in [-0.39, 0.29) is 5.75 Å². The Hall–Kier alpha value is -1.03. The van der Waals surface area contributed by atoms with Crippen LogP contribution in [0.4, 0.5) is 0 Å². The lowest BCUT2D eigenvalue weighted by atomic mass is 10.1. The van der Waals surface area contributed by atoms with Crippen molar-refractivity contribution < 1.29 is 9.84 Å². The van der Waals surface area contributed by atoms with Gasteiger partial charge in [0.2, 0.25) is 0 Å². The van der Waals surface area contributed by atoms with Gasteiger partial charge in [0, 0.05) is 19.1 Å². The lowest BCUT2D eigenvalue weighted by molar-refractivity contribution is 0.181. The van der Waals surface area contributed by atoms with Crippen LogP contribution in [0.5, 0.6) is 5.75 Å². The normalized spacial score (nSPS) is 23.2. The molecule has 1 N–H and O–H groups in total. The van der Waals surface area contributed by atoms with Crippen molar-refractivity contribution in [2.24, 2.45) is 5.92 Å². The second-order valence-electron chi connectivity index (χ2n) is 3.15. The quantitative estimate of drug-likeness (QED) is 0.704. The van der Waals surface area contributed by atoms with Crippen molar-refractivity contribution in [2.75, 3.05) is 13.2 Å². The summed E-state index contributed by atoms with van der Waals surface area (Å²) in [6.07, 6.45) is 4.19. The maximum atomic E-state index is 9.01. The second kappa shape index (κ2) is 3.15. The molecule has 1 fully saturated rings. The molecular weight excluding hydrogens is 156 g/mol. The average Bonchev–Trinajstić information content (AvgIpc) is 2.63. The number of hydrogen-bond acceptors (Lipinski definition) is 3. The Bertz CT molecular complexity index is 253. The highest BCUT2D eigenvalue weighted by atomic mass is 16.5. The summed E-state index contributed by atoms with van der Waals surface area (Å²) in [5, 5.41) is 13.0. The minimum absolute atomic E-state index is 0.230. The molecule has 2 heterocycles. The maximum absolute atomic E-state index is 9.01. The highest BCUT2D eigenvalue weighted by Crippen LogP contribution is 2.15. The molecule has 0 aliphatic carbocycles. The molecule has 66 valence electrons. The molecule has 0 aromatic carbocycles. The van der Waals surface area contributed by atoms with Gasteiger partial charge in [0.05, 0.1) is 19.0 Å². The Balaban J connectivity index is 1.94. The van der Waals surface area contributed by atoms with Crippen molar-refractivity contribution in [3.63, 3.8) is 0 Å². The van der Waals surface area contributed by atoms with Crippen LogP contribution in [0.3, 0.4) is 0 Å². The first-order valence-corrected chi connectivity index (χ1v) is 4.14. The molecule has 1 aliphatic rings. The lowest BCUT2D eigenvalue weighted by Crippen LogP contribution is -2.10. The van der Waals surface area contributed by atoms with Crippen LogP contribution in [-0.2, 0) is 11.3 Å².